The second-order valence-electron chi connectivity index (χ2n) is 4.98. The maximum absolute atomic E-state index is 12.1. The highest BCUT2D eigenvalue weighted by molar-refractivity contribution is 5.88. The number of likely N-dealkylation sites (tertiary alicyclic amines) is 1. The zero-order valence-electron chi connectivity index (χ0n) is 12.0. The van der Waals surface area contributed by atoms with Crippen LogP contribution < -0.4 is 5.43 Å². The molecule has 1 heterocycles. The first-order valence-electron chi connectivity index (χ1n) is 6.82. The summed E-state index contributed by atoms with van der Waals surface area (Å²) in [5.74, 6) is -0.231. The smallest absolute Gasteiger partial charge is 0.273 e. The third-order valence-electron chi connectivity index (χ3n) is 3.46. The number of piperidine rings is 1. The van der Waals surface area contributed by atoms with Crippen LogP contribution in [-0.4, -0.2) is 43.8 Å². The third kappa shape index (κ3) is 3.88. The number of hydrogen-bond acceptors (Lipinski definition) is 4. The van der Waals surface area contributed by atoms with E-state index in [-0.39, 0.29) is 5.91 Å². The molecule has 1 atom stereocenters. The van der Waals surface area contributed by atoms with E-state index >= 15 is 0 Å². The first-order valence-corrected chi connectivity index (χ1v) is 6.82. The molecule has 0 spiro atoms. The van der Waals surface area contributed by atoms with Gasteiger partial charge in [-0.2, -0.15) is 5.10 Å². The number of ether oxygens (including phenoxy) is 1. The second kappa shape index (κ2) is 7.17. The van der Waals surface area contributed by atoms with Gasteiger partial charge >= 0.3 is 0 Å². The van der Waals surface area contributed by atoms with Crippen LogP contribution in [0, 0.1) is 0 Å². The average molecular weight is 275 g/mol. The summed E-state index contributed by atoms with van der Waals surface area (Å²) in [4.78, 5) is 14.4. The van der Waals surface area contributed by atoms with Gasteiger partial charge in [0.1, 0.15) is 0 Å². The first kappa shape index (κ1) is 14.7. The number of rotatable bonds is 4. The van der Waals surface area contributed by atoms with Gasteiger partial charge in [-0.1, -0.05) is 30.3 Å². The summed E-state index contributed by atoms with van der Waals surface area (Å²) in [5.41, 5.74) is 4.49. The molecule has 0 aliphatic carbocycles. The zero-order valence-corrected chi connectivity index (χ0v) is 12.0. The molecule has 1 saturated heterocycles. The molecular weight excluding hydrogens is 254 g/mol. The van der Waals surface area contributed by atoms with Crippen molar-refractivity contribution in [3.8, 4) is 0 Å². The molecular formula is C15H21N3O2. The molecule has 1 aromatic carbocycles. The summed E-state index contributed by atoms with van der Waals surface area (Å²) < 4.78 is 5.27. The number of nitrogens with one attached hydrogen (secondary N) is 1. The predicted octanol–water partition coefficient (Wildman–Crippen LogP) is 1.57. The van der Waals surface area contributed by atoms with Crippen LogP contribution in [0.2, 0.25) is 0 Å². The van der Waals surface area contributed by atoms with E-state index in [0.717, 1.165) is 37.2 Å². The van der Waals surface area contributed by atoms with Crippen molar-refractivity contribution in [2.24, 2.45) is 5.10 Å². The van der Waals surface area contributed by atoms with E-state index in [2.05, 4.69) is 22.5 Å². The Balaban J connectivity index is 1.95. The van der Waals surface area contributed by atoms with Gasteiger partial charge in [0.05, 0.1) is 0 Å². The Morgan fingerprint density at radius 3 is 2.55 bits per heavy atom. The highest BCUT2D eigenvalue weighted by Gasteiger charge is 2.20. The van der Waals surface area contributed by atoms with Crippen LogP contribution in [0.4, 0.5) is 0 Å². The van der Waals surface area contributed by atoms with Crippen molar-refractivity contribution in [2.75, 3.05) is 27.2 Å². The van der Waals surface area contributed by atoms with Crippen molar-refractivity contribution in [1.82, 2.24) is 10.3 Å². The van der Waals surface area contributed by atoms with E-state index in [1.54, 1.807) is 0 Å². The van der Waals surface area contributed by atoms with Crippen molar-refractivity contribution < 1.29 is 9.53 Å². The van der Waals surface area contributed by atoms with Gasteiger partial charge in [-0.3, -0.25) is 4.79 Å². The number of hydrazone groups is 1. The van der Waals surface area contributed by atoms with Crippen LogP contribution >= 0.6 is 0 Å². The number of benzene rings is 1. The summed E-state index contributed by atoms with van der Waals surface area (Å²) in [6, 6.07) is 9.43. The van der Waals surface area contributed by atoms with Gasteiger partial charge in [-0.25, -0.2) is 5.43 Å². The van der Waals surface area contributed by atoms with Crippen molar-refractivity contribution in [3.63, 3.8) is 0 Å². The van der Waals surface area contributed by atoms with E-state index in [1.807, 2.05) is 30.3 Å². The molecule has 1 fully saturated rings. The lowest BCUT2D eigenvalue weighted by Crippen LogP contribution is -2.33. The normalized spacial score (nSPS) is 17.6. The van der Waals surface area contributed by atoms with Crippen LogP contribution in [-0.2, 0) is 9.53 Å². The molecule has 1 N–H and O–H groups in total. The Morgan fingerprint density at radius 1 is 1.30 bits per heavy atom. The van der Waals surface area contributed by atoms with Crippen LogP contribution in [0.15, 0.2) is 35.4 Å². The van der Waals surface area contributed by atoms with E-state index in [1.165, 1.54) is 7.11 Å². The lowest BCUT2D eigenvalue weighted by Gasteiger charge is -2.23. The minimum Gasteiger partial charge on any atom is -0.367 e. The fourth-order valence-corrected chi connectivity index (χ4v) is 2.20. The van der Waals surface area contributed by atoms with Gasteiger partial charge in [-0.05, 0) is 12.6 Å². The number of carbonyl (C=O) groups excluding carboxylic acids is 1. The van der Waals surface area contributed by atoms with E-state index < -0.39 is 6.10 Å². The van der Waals surface area contributed by atoms with Crippen molar-refractivity contribution in [3.05, 3.63) is 35.9 Å². The fraction of sp³-hybridized carbons (Fsp3) is 0.467. The van der Waals surface area contributed by atoms with Crippen molar-refractivity contribution in [1.29, 1.82) is 0 Å². The monoisotopic (exact) mass is 275 g/mol. The first-order chi connectivity index (χ1) is 9.70. The molecule has 2 rings (SSSR count). The highest BCUT2D eigenvalue weighted by Crippen LogP contribution is 2.16. The number of nitrogens with zero attached hydrogens (tertiary/aromatic N) is 2. The van der Waals surface area contributed by atoms with Gasteiger partial charge in [0, 0.05) is 38.8 Å². The maximum Gasteiger partial charge on any atom is 0.273 e. The molecule has 5 heteroatoms. The van der Waals surface area contributed by atoms with Crippen molar-refractivity contribution in [2.45, 2.75) is 18.9 Å². The number of methoxy groups -OCH3 is 1. The van der Waals surface area contributed by atoms with E-state index in [4.69, 9.17) is 4.74 Å². The lowest BCUT2D eigenvalue weighted by molar-refractivity contribution is -0.131. The Labute approximate surface area is 119 Å². The molecule has 5 nitrogen and oxygen atoms in total. The highest BCUT2D eigenvalue weighted by atomic mass is 16.5. The molecule has 1 aromatic rings. The maximum atomic E-state index is 12.1. The standard InChI is InChI=1S/C15H21N3O2/c1-18-10-8-13(9-11-18)16-17-15(19)14(20-2)12-6-4-3-5-7-12/h3-7,14H,8-11H2,1-2H3,(H,17,19). The SMILES string of the molecule is COC(C(=O)NN=C1CCN(C)CC1)c1ccccc1. The van der Waals surface area contributed by atoms with Gasteiger partial charge in [0.25, 0.3) is 5.91 Å². The quantitative estimate of drug-likeness (QED) is 0.849. The Hall–Kier alpha value is -1.72. The molecule has 20 heavy (non-hydrogen) atoms. The minimum absolute atomic E-state index is 0.231. The van der Waals surface area contributed by atoms with E-state index in [9.17, 15) is 4.79 Å². The molecule has 1 unspecified atom stereocenters. The molecule has 0 saturated carbocycles. The molecule has 1 aliphatic rings. The Bertz CT molecular complexity index is 463. The van der Waals surface area contributed by atoms with Crippen LogP contribution in [0.25, 0.3) is 0 Å². The molecule has 1 aliphatic heterocycles. The topological polar surface area (TPSA) is 53.9 Å². The summed E-state index contributed by atoms with van der Waals surface area (Å²) in [5, 5.41) is 4.22. The number of amides is 1. The molecule has 0 radical (unpaired) electrons. The molecule has 108 valence electrons. The van der Waals surface area contributed by atoms with Gasteiger partial charge in [-0.15, -0.1) is 0 Å². The lowest BCUT2D eigenvalue weighted by atomic mass is 10.1. The zero-order chi connectivity index (χ0) is 14.4. The van der Waals surface area contributed by atoms with Crippen LogP contribution in [0.3, 0.4) is 0 Å². The largest absolute Gasteiger partial charge is 0.367 e. The Morgan fingerprint density at radius 2 is 1.95 bits per heavy atom. The average Bonchev–Trinajstić information content (AvgIpc) is 2.48. The molecule has 0 aromatic heterocycles. The summed E-state index contributed by atoms with van der Waals surface area (Å²) in [7, 11) is 3.62. The Kier molecular flexibility index (Phi) is 5.26. The summed E-state index contributed by atoms with van der Waals surface area (Å²) >= 11 is 0. The van der Waals surface area contributed by atoms with Gasteiger partial charge < -0.3 is 9.64 Å². The van der Waals surface area contributed by atoms with Gasteiger partial charge in [0.15, 0.2) is 6.10 Å². The number of hydrogen-bond donors (Lipinski definition) is 1. The molecule has 0 bridgehead atoms. The fourth-order valence-electron chi connectivity index (χ4n) is 2.20. The van der Waals surface area contributed by atoms with Crippen molar-refractivity contribution >= 4 is 11.6 Å². The van der Waals surface area contributed by atoms with Gasteiger partial charge in [0.2, 0.25) is 0 Å². The molecule has 1 amide bonds. The third-order valence-corrected chi connectivity index (χ3v) is 3.46. The van der Waals surface area contributed by atoms with E-state index in [0.29, 0.717) is 0 Å². The summed E-state index contributed by atoms with van der Waals surface area (Å²) in [6.45, 7) is 1.97. The number of carbonyl (C=O) groups is 1. The second-order valence-corrected chi connectivity index (χ2v) is 4.98. The minimum atomic E-state index is -0.619. The summed E-state index contributed by atoms with van der Waals surface area (Å²) in [6.07, 6.45) is 1.19. The van der Waals surface area contributed by atoms with Crippen LogP contribution in [0.1, 0.15) is 24.5 Å². The van der Waals surface area contributed by atoms with Crippen LogP contribution in [0.5, 0.6) is 0 Å². The predicted molar refractivity (Wildman–Crippen MR) is 78.5 cm³/mol.